The smallest absolute Gasteiger partial charge is 0.158 e. The molecule has 0 bridgehead atoms. The van der Waals surface area contributed by atoms with Gasteiger partial charge in [-0.05, 0) is 17.5 Å². The molecule has 0 saturated carbocycles. The van der Waals surface area contributed by atoms with Crippen LogP contribution in [0.1, 0.15) is 36.2 Å². The van der Waals surface area contributed by atoms with Gasteiger partial charge < -0.3 is 18.9 Å². The van der Waals surface area contributed by atoms with Crippen LogP contribution in [0, 0.1) is 0 Å². The van der Waals surface area contributed by atoms with Gasteiger partial charge in [-0.1, -0.05) is 83.3 Å². The molecule has 0 unspecified atom stereocenters. The number of benzene rings is 2. The van der Waals surface area contributed by atoms with Crippen LogP contribution in [0.4, 0.5) is 0 Å². The zero-order valence-electron chi connectivity index (χ0n) is 15.6. The second-order valence-corrected chi connectivity index (χ2v) is 7.46. The minimum atomic E-state index is -0.272. The van der Waals surface area contributed by atoms with Gasteiger partial charge in [0.25, 0.3) is 0 Å². The summed E-state index contributed by atoms with van der Waals surface area (Å²) in [5.74, 6) is 0. The van der Waals surface area contributed by atoms with Gasteiger partial charge in [-0.25, -0.2) is 0 Å². The topological polar surface area (TPSA) is 36.9 Å². The second kappa shape index (κ2) is 11.1. The van der Waals surface area contributed by atoms with Crippen molar-refractivity contribution in [3.05, 3.63) is 71.8 Å². The van der Waals surface area contributed by atoms with Crippen molar-refractivity contribution in [3.63, 3.8) is 0 Å². The van der Waals surface area contributed by atoms with Crippen LogP contribution in [0.2, 0.25) is 0 Å². The Bertz CT molecular complexity index is 652. The molecule has 0 amide bonds. The lowest BCUT2D eigenvalue weighted by molar-refractivity contribution is -0.230. The minimum Gasteiger partial charge on any atom is -0.382 e. The number of alkyl halides is 1. The van der Waals surface area contributed by atoms with Crippen molar-refractivity contribution in [2.45, 2.75) is 37.4 Å². The van der Waals surface area contributed by atoms with Crippen molar-refractivity contribution in [2.24, 2.45) is 0 Å². The Balaban J connectivity index is 1.91. The van der Waals surface area contributed by atoms with Crippen LogP contribution in [0.5, 0.6) is 0 Å². The molecular formula is C22H27IO4. The summed E-state index contributed by atoms with van der Waals surface area (Å²) in [6.07, 6.45) is 1.20. The van der Waals surface area contributed by atoms with Gasteiger partial charge in [-0.15, -0.1) is 0 Å². The van der Waals surface area contributed by atoms with Gasteiger partial charge in [0.1, 0.15) is 12.2 Å². The van der Waals surface area contributed by atoms with E-state index in [9.17, 15) is 0 Å². The van der Waals surface area contributed by atoms with E-state index in [1.807, 2.05) is 36.4 Å². The highest BCUT2D eigenvalue weighted by atomic mass is 127. The van der Waals surface area contributed by atoms with Crippen LogP contribution in [0.3, 0.4) is 0 Å². The maximum Gasteiger partial charge on any atom is 0.158 e. The quantitative estimate of drug-likeness (QED) is 0.313. The fraction of sp³-hybridized carbons (Fsp3) is 0.455. The fourth-order valence-electron chi connectivity index (χ4n) is 3.26. The molecule has 0 aromatic heterocycles. The first-order valence-electron chi connectivity index (χ1n) is 9.39. The Labute approximate surface area is 175 Å². The molecule has 0 spiro atoms. The Morgan fingerprint density at radius 2 is 1.44 bits per heavy atom. The molecule has 2 aromatic carbocycles. The van der Waals surface area contributed by atoms with Gasteiger partial charge in [0, 0.05) is 18.0 Å². The van der Waals surface area contributed by atoms with E-state index in [1.165, 1.54) is 0 Å². The van der Waals surface area contributed by atoms with Gasteiger partial charge in [-0.3, -0.25) is 0 Å². The first-order chi connectivity index (χ1) is 13.3. The van der Waals surface area contributed by atoms with Gasteiger partial charge >= 0.3 is 0 Å². The van der Waals surface area contributed by atoms with Crippen molar-refractivity contribution in [1.82, 2.24) is 0 Å². The third-order valence-corrected chi connectivity index (χ3v) is 5.64. The number of rotatable bonds is 7. The third-order valence-electron chi connectivity index (χ3n) is 4.66. The Kier molecular flexibility index (Phi) is 8.54. The molecule has 2 aromatic rings. The molecule has 1 heterocycles. The predicted octanol–water partition coefficient (Wildman–Crippen LogP) is 5.09. The maximum atomic E-state index is 6.55. The van der Waals surface area contributed by atoms with Gasteiger partial charge in [0.2, 0.25) is 0 Å². The number of halogens is 1. The standard InChI is InChI=1S/C22H27IO4/c1-24-14-15-25-20-13-12-19(16-23)26-21(17-8-4-2-5-9-17)22(27-20)18-10-6-3-7-11-18/h2-11,19-22H,12-16H2,1H3/t19-,20+,21+,22+/m0/s1. The van der Waals surface area contributed by atoms with Gasteiger partial charge in [0.15, 0.2) is 6.29 Å². The normalized spacial score (nSPS) is 26.3. The Morgan fingerprint density at radius 1 is 0.852 bits per heavy atom. The van der Waals surface area contributed by atoms with Gasteiger partial charge in [-0.2, -0.15) is 0 Å². The Hall–Kier alpha value is -0.990. The van der Waals surface area contributed by atoms with Crippen molar-refractivity contribution in [3.8, 4) is 0 Å². The van der Waals surface area contributed by atoms with Crippen LogP contribution in [-0.2, 0) is 18.9 Å². The van der Waals surface area contributed by atoms with E-state index >= 15 is 0 Å². The highest BCUT2D eigenvalue weighted by Crippen LogP contribution is 2.40. The molecule has 4 atom stereocenters. The van der Waals surface area contributed by atoms with E-state index in [0.29, 0.717) is 13.2 Å². The summed E-state index contributed by atoms with van der Waals surface area (Å²) in [7, 11) is 1.68. The summed E-state index contributed by atoms with van der Waals surface area (Å²) in [6.45, 7) is 1.08. The summed E-state index contributed by atoms with van der Waals surface area (Å²) >= 11 is 2.40. The van der Waals surface area contributed by atoms with Gasteiger partial charge in [0.05, 0.1) is 19.3 Å². The fourth-order valence-corrected chi connectivity index (χ4v) is 3.91. The van der Waals surface area contributed by atoms with Crippen molar-refractivity contribution < 1.29 is 18.9 Å². The first kappa shape index (κ1) is 20.7. The van der Waals surface area contributed by atoms with Crippen LogP contribution in [0.25, 0.3) is 0 Å². The van der Waals surface area contributed by atoms with Crippen LogP contribution in [0.15, 0.2) is 60.7 Å². The van der Waals surface area contributed by atoms with Crippen molar-refractivity contribution in [1.29, 1.82) is 0 Å². The number of hydrogen-bond donors (Lipinski definition) is 0. The summed E-state index contributed by atoms with van der Waals surface area (Å²) in [4.78, 5) is 0. The maximum absolute atomic E-state index is 6.55. The summed E-state index contributed by atoms with van der Waals surface area (Å²) in [5, 5.41) is 0. The highest BCUT2D eigenvalue weighted by Gasteiger charge is 2.34. The van der Waals surface area contributed by atoms with E-state index in [2.05, 4.69) is 46.9 Å². The molecule has 4 nitrogen and oxygen atoms in total. The predicted molar refractivity (Wildman–Crippen MR) is 114 cm³/mol. The molecular weight excluding hydrogens is 455 g/mol. The number of methoxy groups -OCH3 is 1. The molecule has 5 heteroatoms. The monoisotopic (exact) mass is 482 g/mol. The Morgan fingerprint density at radius 3 is 2.00 bits per heavy atom. The molecule has 146 valence electrons. The lowest BCUT2D eigenvalue weighted by atomic mass is 9.96. The molecule has 1 aliphatic heterocycles. The number of ether oxygens (including phenoxy) is 4. The van der Waals surface area contributed by atoms with Crippen molar-refractivity contribution in [2.75, 3.05) is 24.8 Å². The second-order valence-electron chi connectivity index (χ2n) is 6.58. The highest BCUT2D eigenvalue weighted by molar-refractivity contribution is 14.1. The van der Waals surface area contributed by atoms with E-state index in [-0.39, 0.29) is 24.6 Å². The van der Waals surface area contributed by atoms with Crippen LogP contribution >= 0.6 is 22.6 Å². The van der Waals surface area contributed by atoms with E-state index in [1.54, 1.807) is 7.11 Å². The average molecular weight is 482 g/mol. The molecule has 0 N–H and O–H groups in total. The summed E-state index contributed by atoms with van der Waals surface area (Å²) < 4.78 is 25.1. The molecule has 0 radical (unpaired) electrons. The average Bonchev–Trinajstić information content (AvgIpc) is 2.71. The lowest BCUT2D eigenvalue weighted by Gasteiger charge is -2.36. The van der Waals surface area contributed by atoms with E-state index in [0.717, 1.165) is 28.4 Å². The molecule has 1 aliphatic rings. The largest absolute Gasteiger partial charge is 0.382 e. The van der Waals surface area contributed by atoms with Crippen LogP contribution in [-0.4, -0.2) is 37.1 Å². The van der Waals surface area contributed by atoms with Crippen molar-refractivity contribution >= 4 is 22.6 Å². The number of hydrogen-bond acceptors (Lipinski definition) is 4. The molecule has 27 heavy (non-hydrogen) atoms. The van der Waals surface area contributed by atoms with E-state index in [4.69, 9.17) is 18.9 Å². The molecule has 3 rings (SSSR count). The summed E-state index contributed by atoms with van der Waals surface area (Å²) in [6, 6.07) is 20.6. The van der Waals surface area contributed by atoms with Crippen LogP contribution < -0.4 is 0 Å². The zero-order valence-corrected chi connectivity index (χ0v) is 17.8. The van der Waals surface area contributed by atoms with E-state index < -0.39 is 0 Å². The molecule has 1 saturated heterocycles. The third kappa shape index (κ3) is 5.99. The zero-order chi connectivity index (χ0) is 18.9. The SMILES string of the molecule is COCCO[C@H]1CC[C@@H](CI)O[C@H](c2ccccc2)[C@@H](c2ccccc2)O1. The molecule has 0 aliphatic carbocycles. The first-order valence-corrected chi connectivity index (χ1v) is 10.9. The summed E-state index contributed by atoms with van der Waals surface area (Å²) in [5.41, 5.74) is 2.22. The molecule has 1 fully saturated rings. The lowest BCUT2D eigenvalue weighted by Crippen LogP contribution is -2.33. The minimum absolute atomic E-state index is 0.166.